The van der Waals surface area contributed by atoms with E-state index < -0.39 is 29.0 Å². The number of amides is 1. The number of nitrogens with one attached hydrogen (secondary N) is 2. The first-order valence-corrected chi connectivity index (χ1v) is 11.3. The third kappa shape index (κ3) is 5.78. The summed E-state index contributed by atoms with van der Waals surface area (Å²) in [5.41, 5.74) is 0.0948. The summed E-state index contributed by atoms with van der Waals surface area (Å²) in [6.07, 6.45) is -0.756. The van der Waals surface area contributed by atoms with Gasteiger partial charge in [-0.1, -0.05) is 29.8 Å². The summed E-state index contributed by atoms with van der Waals surface area (Å²) >= 11 is 6.66. The number of aromatic nitrogens is 4. The van der Waals surface area contributed by atoms with E-state index in [-0.39, 0.29) is 11.7 Å². The van der Waals surface area contributed by atoms with E-state index in [1.807, 2.05) is 30.3 Å². The van der Waals surface area contributed by atoms with Crippen molar-refractivity contribution in [1.82, 2.24) is 25.1 Å². The molecular weight excluding hydrogens is 505 g/mol. The second kappa shape index (κ2) is 10.0. The number of benzene rings is 1. The third-order valence-corrected chi connectivity index (χ3v) is 6.37. The van der Waals surface area contributed by atoms with Crippen molar-refractivity contribution in [2.24, 2.45) is 0 Å². The van der Waals surface area contributed by atoms with Crippen LogP contribution in [0, 0.1) is 0 Å². The molecule has 3 heterocycles. The van der Waals surface area contributed by atoms with Crippen molar-refractivity contribution in [3.05, 3.63) is 87.2 Å². The van der Waals surface area contributed by atoms with E-state index >= 15 is 0 Å². The molecule has 0 saturated heterocycles. The Labute approximate surface area is 206 Å². The van der Waals surface area contributed by atoms with Crippen molar-refractivity contribution in [1.29, 1.82) is 0 Å². The largest absolute Gasteiger partial charge is 0.418 e. The van der Waals surface area contributed by atoms with Crippen LogP contribution in [0.25, 0.3) is 5.69 Å². The minimum absolute atomic E-state index is 0.207. The van der Waals surface area contributed by atoms with E-state index in [1.165, 1.54) is 12.4 Å². The molecule has 1 amide bonds. The van der Waals surface area contributed by atoms with Crippen LogP contribution in [0.2, 0.25) is 5.02 Å². The minimum atomic E-state index is -4.66. The Morgan fingerprint density at radius 3 is 2.63 bits per heavy atom. The molecule has 13 heteroatoms. The fraction of sp³-hybridized carbons (Fsp3) is 0.182. The molecule has 0 spiro atoms. The molecule has 35 heavy (non-hydrogen) atoms. The molecule has 0 aliphatic heterocycles. The lowest BCUT2D eigenvalue weighted by molar-refractivity contribution is -0.137. The highest BCUT2D eigenvalue weighted by molar-refractivity contribution is 7.11. The average Bonchev–Trinajstić information content (AvgIpc) is 3.51. The smallest absolute Gasteiger partial charge is 0.369 e. The number of aliphatic hydroxyl groups is 1. The van der Waals surface area contributed by atoms with Crippen LogP contribution < -0.4 is 10.6 Å². The lowest BCUT2D eigenvalue weighted by Crippen LogP contribution is -2.26. The molecule has 0 saturated carbocycles. The van der Waals surface area contributed by atoms with Crippen LogP contribution in [0.5, 0.6) is 0 Å². The van der Waals surface area contributed by atoms with Crippen molar-refractivity contribution in [2.75, 3.05) is 5.32 Å². The van der Waals surface area contributed by atoms with E-state index in [1.54, 1.807) is 17.8 Å². The molecule has 8 nitrogen and oxygen atoms in total. The number of aliphatic hydroxyl groups excluding tert-OH is 1. The molecule has 1 aromatic carbocycles. The van der Waals surface area contributed by atoms with Crippen LogP contribution in [-0.4, -0.2) is 30.8 Å². The molecule has 4 aromatic rings. The van der Waals surface area contributed by atoms with Gasteiger partial charge in [-0.05, 0) is 25.1 Å². The van der Waals surface area contributed by atoms with Gasteiger partial charge in [0.05, 0.1) is 39.0 Å². The van der Waals surface area contributed by atoms with Gasteiger partial charge in [0, 0.05) is 18.6 Å². The maximum Gasteiger partial charge on any atom is 0.418 e. The number of nitrogens with zero attached hydrogens (tertiary/aromatic N) is 4. The molecule has 0 fully saturated rings. The first-order chi connectivity index (χ1) is 16.6. The van der Waals surface area contributed by atoms with Crippen molar-refractivity contribution in [2.45, 2.75) is 25.4 Å². The van der Waals surface area contributed by atoms with E-state index in [9.17, 15) is 23.1 Å². The lowest BCUT2D eigenvalue weighted by atomic mass is 10.2. The molecule has 0 aliphatic rings. The van der Waals surface area contributed by atoms with Crippen LogP contribution in [0.3, 0.4) is 0 Å². The van der Waals surface area contributed by atoms with Crippen LogP contribution in [-0.2, 0) is 6.18 Å². The molecular formula is C22H18ClF3N6O2S. The van der Waals surface area contributed by atoms with Crippen LogP contribution in [0.15, 0.2) is 61.2 Å². The van der Waals surface area contributed by atoms with Crippen molar-refractivity contribution in [3.63, 3.8) is 0 Å². The summed E-state index contributed by atoms with van der Waals surface area (Å²) in [5.74, 6) is -0.568. The van der Waals surface area contributed by atoms with Gasteiger partial charge in [0.25, 0.3) is 5.91 Å². The molecule has 2 unspecified atom stereocenters. The maximum absolute atomic E-state index is 13.0. The number of thiazole rings is 1. The Balaban J connectivity index is 1.40. The van der Waals surface area contributed by atoms with Crippen molar-refractivity contribution in [3.8, 4) is 5.69 Å². The maximum atomic E-state index is 13.0. The highest BCUT2D eigenvalue weighted by Gasteiger charge is 2.34. The molecule has 4 rings (SSSR count). The van der Waals surface area contributed by atoms with E-state index in [4.69, 9.17) is 11.6 Å². The van der Waals surface area contributed by atoms with Crippen LogP contribution >= 0.6 is 22.9 Å². The fourth-order valence-corrected chi connectivity index (χ4v) is 4.15. The Morgan fingerprint density at radius 2 is 1.91 bits per heavy atom. The SMILES string of the molecule is CC(NC(=O)c1cnn(-c2ccccc2)c1)c1ncc(C(O)Nc2cc(C(F)(F)F)c(Cl)cn2)s1. The summed E-state index contributed by atoms with van der Waals surface area (Å²) in [6.45, 7) is 1.72. The summed E-state index contributed by atoms with van der Waals surface area (Å²) in [6, 6.07) is 9.53. The normalized spacial score (nSPS) is 13.3. The summed E-state index contributed by atoms with van der Waals surface area (Å²) in [5, 5.41) is 19.9. The Bertz CT molecular complexity index is 1330. The minimum Gasteiger partial charge on any atom is -0.369 e. The van der Waals surface area contributed by atoms with Gasteiger partial charge in [-0.15, -0.1) is 11.3 Å². The first-order valence-electron chi connectivity index (χ1n) is 10.2. The number of carbonyl (C=O) groups is 1. The second-order valence-corrected chi connectivity index (χ2v) is 8.90. The zero-order valence-corrected chi connectivity index (χ0v) is 19.6. The highest BCUT2D eigenvalue weighted by Crippen LogP contribution is 2.36. The van der Waals surface area contributed by atoms with Gasteiger partial charge >= 0.3 is 6.18 Å². The summed E-state index contributed by atoms with van der Waals surface area (Å²) in [7, 11) is 0. The molecule has 3 aromatic heterocycles. The molecule has 182 valence electrons. The van der Waals surface area contributed by atoms with Gasteiger partial charge in [0.2, 0.25) is 0 Å². The van der Waals surface area contributed by atoms with Gasteiger partial charge < -0.3 is 15.7 Å². The second-order valence-electron chi connectivity index (χ2n) is 7.40. The van der Waals surface area contributed by atoms with Crippen LogP contribution in [0.4, 0.5) is 19.0 Å². The first kappa shape index (κ1) is 24.6. The number of para-hydroxylation sites is 1. The Hall–Kier alpha value is -3.48. The number of rotatable bonds is 7. The van der Waals surface area contributed by atoms with Gasteiger partial charge in [0.15, 0.2) is 6.23 Å². The standard InChI is InChI=1S/C22H18ClF3N6O2S/c1-12(30-19(33)13-8-29-32(11-13)14-5-3-2-4-6-14)21-28-10-17(35-21)20(34)31-18-7-15(22(24,25)26)16(23)9-27-18/h2-12,20,34H,1H3,(H,27,31)(H,30,33). The van der Waals surface area contributed by atoms with Crippen LogP contribution in [0.1, 0.15) is 45.0 Å². The predicted octanol–water partition coefficient (Wildman–Crippen LogP) is 4.99. The monoisotopic (exact) mass is 522 g/mol. The number of hydrogen-bond donors (Lipinski definition) is 3. The topological polar surface area (TPSA) is 105 Å². The number of carbonyl (C=O) groups excluding carboxylic acids is 1. The molecule has 3 N–H and O–H groups in total. The van der Waals surface area contributed by atoms with Gasteiger partial charge in [-0.3, -0.25) is 4.79 Å². The summed E-state index contributed by atoms with van der Waals surface area (Å²) in [4.78, 5) is 20.9. The van der Waals surface area contributed by atoms with Gasteiger partial charge in [0.1, 0.15) is 10.8 Å². The highest BCUT2D eigenvalue weighted by atomic mass is 35.5. The van der Waals surface area contributed by atoms with Crippen molar-refractivity contribution >= 4 is 34.7 Å². The third-order valence-electron chi connectivity index (χ3n) is 4.84. The number of anilines is 1. The molecule has 0 radical (unpaired) electrons. The fourth-order valence-electron chi connectivity index (χ4n) is 3.08. The molecule has 2 atom stereocenters. The summed E-state index contributed by atoms with van der Waals surface area (Å²) < 4.78 is 40.7. The quantitative estimate of drug-likeness (QED) is 0.295. The Morgan fingerprint density at radius 1 is 1.17 bits per heavy atom. The van der Waals surface area contributed by atoms with Gasteiger partial charge in [-0.25, -0.2) is 14.6 Å². The van der Waals surface area contributed by atoms with E-state index in [0.29, 0.717) is 21.5 Å². The van der Waals surface area contributed by atoms with E-state index in [2.05, 4.69) is 25.7 Å². The predicted molar refractivity (Wildman–Crippen MR) is 124 cm³/mol. The van der Waals surface area contributed by atoms with E-state index in [0.717, 1.165) is 23.2 Å². The number of alkyl halides is 3. The number of halogens is 4. The zero-order valence-electron chi connectivity index (χ0n) is 18.0. The number of pyridine rings is 1. The average molecular weight is 523 g/mol. The lowest BCUT2D eigenvalue weighted by Gasteiger charge is -2.14. The zero-order chi connectivity index (χ0) is 25.2. The Kier molecular flexibility index (Phi) is 7.05. The number of hydrogen-bond acceptors (Lipinski definition) is 7. The molecule has 0 bridgehead atoms. The molecule has 0 aliphatic carbocycles. The van der Waals surface area contributed by atoms with Gasteiger partial charge in [-0.2, -0.15) is 18.3 Å². The van der Waals surface area contributed by atoms with Crippen molar-refractivity contribution < 1.29 is 23.1 Å².